The Bertz CT molecular complexity index is 706. The topological polar surface area (TPSA) is 59.6 Å². The van der Waals surface area contributed by atoms with Gasteiger partial charge in [-0.3, -0.25) is 4.79 Å². The molecule has 1 heterocycles. The molecule has 1 aliphatic rings. The van der Waals surface area contributed by atoms with Gasteiger partial charge < -0.3 is 20.1 Å². The molecule has 2 N–H and O–H groups in total. The summed E-state index contributed by atoms with van der Waals surface area (Å²) in [6, 6.07) is 11.6. The highest BCUT2D eigenvalue weighted by Gasteiger charge is 2.12. The molecule has 23 heavy (non-hydrogen) atoms. The summed E-state index contributed by atoms with van der Waals surface area (Å²) >= 11 is 0. The maximum Gasteiger partial charge on any atom is 0.231 e. The number of hydrogen-bond acceptors (Lipinski definition) is 4. The quantitative estimate of drug-likeness (QED) is 0.805. The number of nitrogens with one attached hydrogen (secondary N) is 2. The second-order valence-corrected chi connectivity index (χ2v) is 5.17. The molecule has 120 valence electrons. The molecule has 0 aromatic heterocycles. The second kappa shape index (κ2) is 7.11. The van der Waals surface area contributed by atoms with Gasteiger partial charge in [0.25, 0.3) is 0 Å². The normalized spacial score (nSPS) is 12.2. The van der Waals surface area contributed by atoms with E-state index >= 15 is 0 Å². The smallest absolute Gasteiger partial charge is 0.231 e. The number of ether oxygens (including phenoxy) is 2. The maximum absolute atomic E-state index is 13.0. The lowest BCUT2D eigenvalue weighted by Crippen LogP contribution is -2.21. The van der Waals surface area contributed by atoms with E-state index in [1.807, 2.05) is 18.2 Å². The number of hydrogen-bond donors (Lipinski definition) is 2. The molecule has 6 heteroatoms. The lowest BCUT2D eigenvalue weighted by atomic mass is 10.2. The first kappa shape index (κ1) is 15.3. The van der Waals surface area contributed by atoms with Crippen LogP contribution in [0.2, 0.25) is 0 Å². The van der Waals surface area contributed by atoms with E-state index in [1.54, 1.807) is 12.1 Å². The highest BCUT2D eigenvalue weighted by molar-refractivity contribution is 5.90. The van der Waals surface area contributed by atoms with Crippen LogP contribution in [0.4, 0.5) is 10.1 Å². The van der Waals surface area contributed by atoms with Crippen molar-refractivity contribution in [2.75, 3.05) is 18.7 Å². The number of amides is 1. The van der Waals surface area contributed by atoms with Crippen LogP contribution >= 0.6 is 0 Å². The molecule has 1 aliphatic heterocycles. The molecule has 2 aromatic rings. The SMILES string of the molecule is O=C(CCNCc1ccc2c(c1)OCO2)Nc1cccc(F)c1. The van der Waals surface area contributed by atoms with E-state index in [1.165, 1.54) is 12.1 Å². The first-order valence-corrected chi connectivity index (χ1v) is 7.35. The van der Waals surface area contributed by atoms with Gasteiger partial charge in [-0.05, 0) is 35.9 Å². The van der Waals surface area contributed by atoms with Crippen LogP contribution in [0.25, 0.3) is 0 Å². The van der Waals surface area contributed by atoms with Crippen LogP contribution in [-0.4, -0.2) is 19.2 Å². The largest absolute Gasteiger partial charge is 0.454 e. The molecular weight excluding hydrogens is 299 g/mol. The average Bonchev–Trinajstić information content (AvgIpc) is 2.99. The van der Waals surface area contributed by atoms with Gasteiger partial charge in [0.15, 0.2) is 11.5 Å². The van der Waals surface area contributed by atoms with Gasteiger partial charge in [-0.15, -0.1) is 0 Å². The summed E-state index contributed by atoms with van der Waals surface area (Å²) in [5.74, 6) is 0.967. The van der Waals surface area contributed by atoms with Crippen LogP contribution in [0.3, 0.4) is 0 Å². The zero-order chi connectivity index (χ0) is 16.1. The fourth-order valence-electron chi connectivity index (χ4n) is 2.28. The lowest BCUT2D eigenvalue weighted by Gasteiger charge is -2.07. The third-order valence-electron chi connectivity index (χ3n) is 3.40. The second-order valence-electron chi connectivity index (χ2n) is 5.17. The molecule has 0 aliphatic carbocycles. The summed E-state index contributed by atoms with van der Waals surface area (Å²) in [5.41, 5.74) is 1.52. The van der Waals surface area contributed by atoms with Crippen molar-refractivity contribution in [1.29, 1.82) is 0 Å². The number of rotatable bonds is 6. The third kappa shape index (κ3) is 4.20. The predicted molar refractivity (Wildman–Crippen MR) is 83.9 cm³/mol. The van der Waals surface area contributed by atoms with Crippen LogP contribution in [0.15, 0.2) is 42.5 Å². The van der Waals surface area contributed by atoms with Gasteiger partial charge in [0.2, 0.25) is 12.7 Å². The molecule has 0 bridgehead atoms. The van der Waals surface area contributed by atoms with Gasteiger partial charge in [-0.2, -0.15) is 0 Å². The van der Waals surface area contributed by atoms with E-state index in [4.69, 9.17) is 9.47 Å². The van der Waals surface area contributed by atoms with Gasteiger partial charge in [0.1, 0.15) is 5.82 Å². The average molecular weight is 316 g/mol. The van der Waals surface area contributed by atoms with Crippen molar-refractivity contribution < 1.29 is 18.7 Å². The summed E-state index contributed by atoms with van der Waals surface area (Å²) in [6.45, 7) is 1.41. The van der Waals surface area contributed by atoms with Crippen molar-refractivity contribution in [1.82, 2.24) is 5.32 Å². The number of benzene rings is 2. The van der Waals surface area contributed by atoms with Crippen molar-refractivity contribution in [3.8, 4) is 11.5 Å². The lowest BCUT2D eigenvalue weighted by molar-refractivity contribution is -0.116. The van der Waals surface area contributed by atoms with E-state index in [0.717, 1.165) is 17.1 Å². The summed E-state index contributed by atoms with van der Waals surface area (Å²) in [6.07, 6.45) is 0.307. The monoisotopic (exact) mass is 316 g/mol. The van der Waals surface area contributed by atoms with E-state index in [2.05, 4.69) is 10.6 Å². The third-order valence-corrected chi connectivity index (χ3v) is 3.40. The van der Waals surface area contributed by atoms with Gasteiger partial charge >= 0.3 is 0 Å². The Morgan fingerprint density at radius 2 is 2.00 bits per heavy atom. The van der Waals surface area contributed by atoms with Gasteiger partial charge in [-0.1, -0.05) is 12.1 Å². The molecule has 0 unspecified atom stereocenters. The number of halogens is 1. The summed E-state index contributed by atoms with van der Waals surface area (Å²) in [7, 11) is 0. The first-order valence-electron chi connectivity index (χ1n) is 7.35. The summed E-state index contributed by atoms with van der Waals surface area (Å²) < 4.78 is 23.6. The minimum atomic E-state index is -0.372. The molecule has 1 amide bonds. The molecule has 5 nitrogen and oxygen atoms in total. The number of anilines is 1. The standard InChI is InChI=1S/C17H17FN2O3/c18-13-2-1-3-14(9-13)20-17(21)6-7-19-10-12-4-5-15-16(8-12)23-11-22-15/h1-5,8-9,19H,6-7,10-11H2,(H,20,21). The van der Waals surface area contributed by atoms with Crippen molar-refractivity contribution in [2.45, 2.75) is 13.0 Å². The van der Waals surface area contributed by atoms with Gasteiger partial charge in [0, 0.05) is 25.2 Å². The number of carbonyl (C=O) groups is 1. The van der Waals surface area contributed by atoms with Crippen LogP contribution in [0, 0.1) is 5.82 Å². The molecule has 0 saturated carbocycles. The van der Waals surface area contributed by atoms with Crippen LogP contribution in [0.1, 0.15) is 12.0 Å². The van der Waals surface area contributed by atoms with Crippen molar-refractivity contribution in [3.63, 3.8) is 0 Å². The first-order chi connectivity index (χ1) is 11.2. The van der Waals surface area contributed by atoms with E-state index in [9.17, 15) is 9.18 Å². The minimum absolute atomic E-state index is 0.159. The van der Waals surface area contributed by atoms with Crippen LogP contribution in [-0.2, 0) is 11.3 Å². The predicted octanol–water partition coefficient (Wildman–Crippen LogP) is 2.67. The Kier molecular flexibility index (Phi) is 4.73. The Morgan fingerprint density at radius 1 is 1.13 bits per heavy atom. The highest BCUT2D eigenvalue weighted by Crippen LogP contribution is 2.32. The fourth-order valence-corrected chi connectivity index (χ4v) is 2.28. The molecule has 0 saturated heterocycles. The van der Waals surface area contributed by atoms with Crippen LogP contribution in [0.5, 0.6) is 11.5 Å². The van der Waals surface area contributed by atoms with Crippen LogP contribution < -0.4 is 20.1 Å². The zero-order valence-corrected chi connectivity index (χ0v) is 12.5. The Balaban J connectivity index is 1.40. The Morgan fingerprint density at radius 3 is 2.87 bits per heavy atom. The van der Waals surface area contributed by atoms with Crippen molar-refractivity contribution in [2.24, 2.45) is 0 Å². The molecule has 0 atom stereocenters. The van der Waals surface area contributed by atoms with Gasteiger partial charge in [-0.25, -0.2) is 4.39 Å². The molecular formula is C17H17FN2O3. The minimum Gasteiger partial charge on any atom is -0.454 e. The summed E-state index contributed by atoms with van der Waals surface area (Å²) in [5, 5.41) is 5.85. The fraction of sp³-hybridized carbons (Fsp3) is 0.235. The van der Waals surface area contributed by atoms with Gasteiger partial charge in [0.05, 0.1) is 0 Å². The number of fused-ring (bicyclic) bond motifs is 1. The zero-order valence-electron chi connectivity index (χ0n) is 12.5. The Labute approximate surface area is 133 Å². The molecule has 0 fully saturated rings. The van der Waals surface area contributed by atoms with Crippen molar-refractivity contribution in [3.05, 3.63) is 53.8 Å². The molecule has 0 radical (unpaired) electrons. The highest BCUT2D eigenvalue weighted by atomic mass is 19.1. The van der Waals surface area contributed by atoms with E-state index < -0.39 is 0 Å². The molecule has 2 aromatic carbocycles. The summed E-state index contributed by atoms with van der Waals surface area (Å²) in [4.78, 5) is 11.8. The van der Waals surface area contributed by atoms with Crippen molar-refractivity contribution >= 4 is 11.6 Å². The molecule has 0 spiro atoms. The maximum atomic E-state index is 13.0. The van der Waals surface area contributed by atoms with E-state index in [0.29, 0.717) is 25.2 Å². The number of carbonyl (C=O) groups excluding carboxylic acids is 1. The molecule has 3 rings (SSSR count). The van der Waals surface area contributed by atoms with E-state index in [-0.39, 0.29) is 18.5 Å². The Hall–Kier alpha value is -2.60.